The number of hydrogen-bond acceptors (Lipinski definition) is 5. The van der Waals surface area contributed by atoms with Crippen LogP contribution in [0, 0.1) is 13.8 Å². The van der Waals surface area contributed by atoms with E-state index in [-0.39, 0.29) is 5.57 Å². The van der Waals surface area contributed by atoms with E-state index in [2.05, 4.69) is 11.4 Å². The molecule has 0 aromatic heterocycles. The molecule has 4 amide bonds. The van der Waals surface area contributed by atoms with Crippen LogP contribution in [-0.2, 0) is 9.59 Å². The number of amides is 4. The molecule has 1 aliphatic rings. The van der Waals surface area contributed by atoms with Crippen molar-refractivity contribution < 1.29 is 23.9 Å². The molecule has 1 aliphatic heterocycles. The molecular weight excluding hydrogens is 468 g/mol. The van der Waals surface area contributed by atoms with E-state index in [1.54, 1.807) is 36.4 Å². The Kier molecular flexibility index (Phi) is 7.17. The third-order valence-electron chi connectivity index (χ3n) is 5.32. The molecule has 0 saturated carbocycles. The highest BCUT2D eigenvalue weighted by atomic mass is 35.5. The second kappa shape index (κ2) is 10.4. The number of nitrogens with one attached hydrogen (secondary N) is 1. The fourth-order valence-electron chi connectivity index (χ4n) is 3.58. The Morgan fingerprint density at radius 1 is 0.886 bits per heavy atom. The molecule has 178 valence electrons. The normalized spacial score (nSPS) is 14.8. The largest absolute Gasteiger partial charge is 0.490 e. The fraction of sp³-hybridized carbons (Fsp3) is 0.148. The average molecular weight is 491 g/mol. The van der Waals surface area contributed by atoms with Gasteiger partial charge in [-0.2, -0.15) is 0 Å². The number of rotatable bonds is 7. The predicted molar refractivity (Wildman–Crippen MR) is 134 cm³/mol. The van der Waals surface area contributed by atoms with Gasteiger partial charge in [0.2, 0.25) is 0 Å². The first-order valence-electron chi connectivity index (χ1n) is 10.9. The summed E-state index contributed by atoms with van der Waals surface area (Å²) in [6.45, 7) is 4.77. The second-order valence-corrected chi connectivity index (χ2v) is 8.41. The lowest BCUT2D eigenvalue weighted by Crippen LogP contribution is -2.54. The van der Waals surface area contributed by atoms with Gasteiger partial charge in [0, 0.05) is 5.02 Å². The van der Waals surface area contributed by atoms with Gasteiger partial charge in [0.05, 0.1) is 5.69 Å². The van der Waals surface area contributed by atoms with Gasteiger partial charge >= 0.3 is 6.03 Å². The molecule has 3 aromatic carbocycles. The Bertz CT molecular complexity index is 1300. The number of benzene rings is 3. The number of carbonyl (C=O) groups is 3. The molecule has 0 bridgehead atoms. The van der Waals surface area contributed by atoms with Crippen molar-refractivity contribution in [2.45, 2.75) is 13.8 Å². The minimum Gasteiger partial charge on any atom is -0.490 e. The molecule has 7 nitrogen and oxygen atoms in total. The van der Waals surface area contributed by atoms with Gasteiger partial charge in [0.25, 0.3) is 11.8 Å². The van der Waals surface area contributed by atoms with Crippen LogP contribution < -0.4 is 19.7 Å². The van der Waals surface area contributed by atoms with Gasteiger partial charge in [0.15, 0.2) is 0 Å². The number of hydrogen-bond donors (Lipinski definition) is 1. The summed E-state index contributed by atoms with van der Waals surface area (Å²) in [5.41, 5.74) is 3.00. The summed E-state index contributed by atoms with van der Waals surface area (Å²) in [4.78, 5) is 38.5. The van der Waals surface area contributed by atoms with Crippen molar-refractivity contribution in [2.75, 3.05) is 18.1 Å². The molecule has 35 heavy (non-hydrogen) atoms. The van der Waals surface area contributed by atoms with Gasteiger partial charge in [0.1, 0.15) is 30.3 Å². The van der Waals surface area contributed by atoms with E-state index in [9.17, 15) is 14.4 Å². The molecule has 1 N–H and O–H groups in total. The van der Waals surface area contributed by atoms with E-state index < -0.39 is 17.8 Å². The van der Waals surface area contributed by atoms with Crippen LogP contribution in [-0.4, -0.2) is 31.1 Å². The topological polar surface area (TPSA) is 84.9 Å². The van der Waals surface area contributed by atoms with Crippen LogP contribution in [0.3, 0.4) is 0 Å². The van der Waals surface area contributed by atoms with Crippen molar-refractivity contribution in [3.05, 3.63) is 94.0 Å². The molecular formula is C27H23ClN2O5. The molecule has 0 atom stereocenters. The summed E-state index contributed by atoms with van der Waals surface area (Å²) in [7, 11) is 0. The van der Waals surface area contributed by atoms with Gasteiger partial charge in [-0.15, -0.1) is 0 Å². The summed E-state index contributed by atoms with van der Waals surface area (Å²) in [6.07, 6.45) is 1.43. The number of barbiturate groups is 1. The van der Waals surface area contributed by atoms with Crippen LogP contribution >= 0.6 is 11.6 Å². The molecule has 0 unspecified atom stereocenters. The van der Waals surface area contributed by atoms with Gasteiger partial charge in [-0.05, 0) is 73.5 Å². The Hall–Kier alpha value is -4.10. The predicted octanol–water partition coefficient (Wildman–Crippen LogP) is 5.08. The molecule has 1 fully saturated rings. The van der Waals surface area contributed by atoms with E-state index in [4.69, 9.17) is 21.1 Å². The first kappa shape index (κ1) is 24.0. The van der Waals surface area contributed by atoms with Crippen LogP contribution in [0.1, 0.15) is 16.7 Å². The molecule has 0 radical (unpaired) electrons. The number of anilines is 1. The van der Waals surface area contributed by atoms with Gasteiger partial charge in [-0.25, -0.2) is 9.69 Å². The molecule has 1 heterocycles. The molecule has 0 spiro atoms. The van der Waals surface area contributed by atoms with Gasteiger partial charge in [-0.1, -0.05) is 41.4 Å². The maximum Gasteiger partial charge on any atom is 0.335 e. The number of nitrogens with zero attached hydrogens (tertiary/aromatic N) is 1. The Morgan fingerprint density at radius 2 is 1.57 bits per heavy atom. The standard InChI is InChI=1S/C27H23ClN2O5/c1-17-3-12-24(18(2)15-17)35-14-13-34-22-10-4-19(5-11-22)16-23-25(31)29-27(33)30(26(23)32)21-8-6-20(28)7-9-21/h3-12,15-16H,13-14H2,1-2H3,(H,29,31,33)/b23-16+. The summed E-state index contributed by atoms with van der Waals surface area (Å²) in [6, 6.07) is 18.3. The van der Waals surface area contributed by atoms with Gasteiger partial charge < -0.3 is 9.47 Å². The summed E-state index contributed by atoms with van der Waals surface area (Å²) >= 11 is 5.89. The fourth-order valence-corrected chi connectivity index (χ4v) is 3.71. The highest BCUT2D eigenvalue weighted by Crippen LogP contribution is 2.24. The Morgan fingerprint density at radius 3 is 2.26 bits per heavy atom. The quantitative estimate of drug-likeness (QED) is 0.283. The lowest BCUT2D eigenvalue weighted by atomic mass is 10.1. The zero-order chi connectivity index (χ0) is 24.9. The zero-order valence-electron chi connectivity index (χ0n) is 19.2. The average Bonchev–Trinajstić information content (AvgIpc) is 2.82. The first-order chi connectivity index (χ1) is 16.8. The monoisotopic (exact) mass is 490 g/mol. The number of ether oxygens (including phenoxy) is 2. The van der Waals surface area contributed by atoms with Crippen LogP contribution in [0.4, 0.5) is 10.5 Å². The van der Waals surface area contributed by atoms with E-state index in [1.165, 1.54) is 23.8 Å². The van der Waals surface area contributed by atoms with Crippen LogP contribution in [0.5, 0.6) is 11.5 Å². The van der Waals surface area contributed by atoms with Crippen LogP contribution in [0.25, 0.3) is 6.08 Å². The van der Waals surface area contributed by atoms with Crippen molar-refractivity contribution in [1.82, 2.24) is 5.32 Å². The number of urea groups is 1. The van der Waals surface area contributed by atoms with Crippen molar-refractivity contribution in [3.8, 4) is 11.5 Å². The Balaban J connectivity index is 1.39. The summed E-state index contributed by atoms with van der Waals surface area (Å²) < 4.78 is 11.5. The third kappa shape index (κ3) is 5.70. The van der Waals surface area contributed by atoms with E-state index >= 15 is 0 Å². The van der Waals surface area contributed by atoms with Crippen LogP contribution in [0.2, 0.25) is 5.02 Å². The minimum absolute atomic E-state index is 0.157. The second-order valence-electron chi connectivity index (χ2n) is 7.97. The van der Waals surface area contributed by atoms with Crippen molar-refractivity contribution in [2.24, 2.45) is 0 Å². The van der Waals surface area contributed by atoms with Crippen molar-refractivity contribution in [1.29, 1.82) is 0 Å². The van der Waals surface area contributed by atoms with E-state index in [0.29, 0.717) is 35.2 Å². The molecule has 3 aromatic rings. The first-order valence-corrected chi connectivity index (χ1v) is 11.3. The Labute approximate surface area is 207 Å². The SMILES string of the molecule is Cc1ccc(OCCOc2ccc(/C=C3\C(=O)NC(=O)N(c4ccc(Cl)cc4)C3=O)cc2)c(C)c1. The number of imide groups is 2. The van der Waals surface area contributed by atoms with E-state index in [1.807, 2.05) is 26.0 Å². The minimum atomic E-state index is -0.814. The number of aryl methyl sites for hydroxylation is 2. The summed E-state index contributed by atoms with van der Waals surface area (Å²) in [5.74, 6) is -0.0319. The smallest absolute Gasteiger partial charge is 0.335 e. The van der Waals surface area contributed by atoms with Crippen molar-refractivity contribution in [3.63, 3.8) is 0 Å². The van der Waals surface area contributed by atoms with Gasteiger partial charge in [-0.3, -0.25) is 14.9 Å². The number of halogens is 1. The highest BCUT2D eigenvalue weighted by Gasteiger charge is 2.36. The summed E-state index contributed by atoms with van der Waals surface area (Å²) in [5, 5.41) is 2.66. The third-order valence-corrected chi connectivity index (χ3v) is 5.57. The molecule has 1 saturated heterocycles. The molecule has 0 aliphatic carbocycles. The van der Waals surface area contributed by atoms with Crippen LogP contribution in [0.15, 0.2) is 72.3 Å². The maximum absolute atomic E-state index is 12.9. The maximum atomic E-state index is 12.9. The lowest BCUT2D eigenvalue weighted by Gasteiger charge is -2.26. The number of carbonyl (C=O) groups excluding carboxylic acids is 3. The highest BCUT2D eigenvalue weighted by molar-refractivity contribution is 6.39. The van der Waals surface area contributed by atoms with E-state index in [0.717, 1.165) is 16.2 Å². The zero-order valence-corrected chi connectivity index (χ0v) is 20.0. The molecule has 8 heteroatoms. The molecule has 4 rings (SSSR count). The van der Waals surface area contributed by atoms with Crippen molar-refractivity contribution >= 4 is 41.2 Å². The lowest BCUT2D eigenvalue weighted by molar-refractivity contribution is -0.122.